The highest BCUT2D eigenvalue weighted by Crippen LogP contribution is 2.40. The third-order valence-electron chi connectivity index (χ3n) is 6.36. The van der Waals surface area contributed by atoms with Gasteiger partial charge in [0.05, 0.1) is 18.7 Å². The molecular formula is C27H29FN2O5. The van der Waals surface area contributed by atoms with Gasteiger partial charge in [-0.05, 0) is 61.8 Å². The quantitative estimate of drug-likeness (QED) is 0.254. The summed E-state index contributed by atoms with van der Waals surface area (Å²) in [4.78, 5) is 30.1. The number of ketones is 1. The molecule has 2 fully saturated rings. The van der Waals surface area contributed by atoms with Gasteiger partial charge in [-0.2, -0.15) is 0 Å². The summed E-state index contributed by atoms with van der Waals surface area (Å²) in [5.74, 6) is -2.06. The molecule has 2 aliphatic heterocycles. The van der Waals surface area contributed by atoms with Crippen LogP contribution in [0.3, 0.4) is 0 Å². The predicted molar refractivity (Wildman–Crippen MR) is 130 cm³/mol. The number of halogens is 1. The second kappa shape index (κ2) is 10.7. The molecule has 8 heteroatoms. The number of benzene rings is 2. The summed E-state index contributed by atoms with van der Waals surface area (Å²) in [6.07, 6.45) is 3.83. The van der Waals surface area contributed by atoms with Gasteiger partial charge in [-0.25, -0.2) is 4.39 Å². The molecule has 1 N–H and O–H groups in total. The number of methoxy groups -OCH3 is 1. The van der Waals surface area contributed by atoms with E-state index in [0.29, 0.717) is 31.0 Å². The molecule has 2 heterocycles. The number of Topliss-reactive ketones (excluding diaryl/α,β-unsaturated/α-hetero) is 1. The third kappa shape index (κ3) is 5.07. The van der Waals surface area contributed by atoms with E-state index in [9.17, 15) is 19.1 Å². The first-order valence-corrected chi connectivity index (χ1v) is 11.6. The molecule has 184 valence electrons. The highest BCUT2D eigenvalue weighted by atomic mass is 19.1. The molecule has 1 atom stereocenters. The number of ether oxygens (including phenoxy) is 2. The SMILES string of the molecule is C=CCOc1cccc(C2/C(=C(\O)c3ccc(OC)c(F)c3)C(=O)C(=O)N2CCN2CCCC2)c1. The number of carbonyl (C=O) groups excluding carboxylic acids is 2. The van der Waals surface area contributed by atoms with Gasteiger partial charge >= 0.3 is 0 Å². The lowest BCUT2D eigenvalue weighted by molar-refractivity contribution is -0.140. The van der Waals surface area contributed by atoms with Crippen LogP contribution in [-0.4, -0.2) is 66.5 Å². The number of hydrogen-bond acceptors (Lipinski definition) is 6. The van der Waals surface area contributed by atoms with E-state index < -0.39 is 29.3 Å². The largest absolute Gasteiger partial charge is 0.507 e. The van der Waals surface area contributed by atoms with Crippen molar-refractivity contribution in [2.75, 3.05) is 39.9 Å². The summed E-state index contributed by atoms with van der Waals surface area (Å²) in [6.45, 7) is 6.78. The van der Waals surface area contributed by atoms with Gasteiger partial charge < -0.3 is 24.4 Å². The minimum absolute atomic E-state index is 0.0104. The fourth-order valence-corrected chi connectivity index (χ4v) is 4.61. The van der Waals surface area contributed by atoms with Gasteiger partial charge in [-0.15, -0.1) is 0 Å². The number of carbonyl (C=O) groups is 2. The Morgan fingerprint density at radius 3 is 2.63 bits per heavy atom. The van der Waals surface area contributed by atoms with Gasteiger partial charge in [0.1, 0.15) is 18.1 Å². The van der Waals surface area contributed by atoms with Gasteiger partial charge in [0, 0.05) is 18.7 Å². The molecule has 0 spiro atoms. The van der Waals surface area contributed by atoms with Crippen molar-refractivity contribution < 1.29 is 28.6 Å². The lowest BCUT2D eigenvalue weighted by atomic mass is 9.95. The minimum Gasteiger partial charge on any atom is -0.507 e. The predicted octanol–water partition coefficient (Wildman–Crippen LogP) is 3.92. The Balaban J connectivity index is 1.77. The van der Waals surface area contributed by atoms with Gasteiger partial charge in [0.15, 0.2) is 11.6 Å². The number of hydrogen-bond donors (Lipinski definition) is 1. The van der Waals surface area contributed by atoms with Gasteiger partial charge in [0.25, 0.3) is 11.7 Å². The number of likely N-dealkylation sites (tertiary alicyclic amines) is 2. The van der Waals surface area contributed by atoms with Gasteiger partial charge in [0.2, 0.25) is 0 Å². The molecule has 1 amide bonds. The third-order valence-corrected chi connectivity index (χ3v) is 6.36. The Morgan fingerprint density at radius 2 is 1.94 bits per heavy atom. The van der Waals surface area contributed by atoms with Crippen molar-refractivity contribution in [2.24, 2.45) is 0 Å². The normalized spacial score (nSPS) is 19.8. The molecule has 4 rings (SSSR count). The first kappa shape index (κ1) is 24.5. The van der Waals surface area contributed by atoms with Crippen molar-refractivity contribution in [1.82, 2.24) is 9.80 Å². The first-order valence-electron chi connectivity index (χ1n) is 11.6. The van der Waals surface area contributed by atoms with Gasteiger partial charge in [-0.1, -0.05) is 24.8 Å². The van der Waals surface area contributed by atoms with Crippen LogP contribution in [0.15, 0.2) is 60.7 Å². The van der Waals surface area contributed by atoms with Crippen LogP contribution in [0.1, 0.15) is 30.0 Å². The molecule has 2 aromatic rings. The van der Waals surface area contributed by atoms with Crippen molar-refractivity contribution in [3.8, 4) is 11.5 Å². The van der Waals surface area contributed by atoms with Crippen molar-refractivity contribution in [2.45, 2.75) is 18.9 Å². The van der Waals surface area contributed by atoms with Crippen LogP contribution in [-0.2, 0) is 9.59 Å². The fraction of sp³-hybridized carbons (Fsp3) is 0.333. The van der Waals surface area contributed by atoms with E-state index in [2.05, 4.69) is 11.5 Å². The monoisotopic (exact) mass is 480 g/mol. The van der Waals surface area contributed by atoms with Crippen LogP contribution in [0.25, 0.3) is 5.76 Å². The molecular weight excluding hydrogens is 451 g/mol. The van der Waals surface area contributed by atoms with Crippen LogP contribution in [0.4, 0.5) is 4.39 Å². The summed E-state index contributed by atoms with van der Waals surface area (Å²) >= 11 is 0. The minimum atomic E-state index is -0.838. The van der Waals surface area contributed by atoms with E-state index >= 15 is 0 Å². The number of nitrogens with zero attached hydrogens (tertiary/aromatic N) is 2. The molecule has 2 aliphatic rings. The van der Waals surface area contributed by atoms with Crippen molar-refractivity contribution >= 4 is 17.4 Å². The molecule has 0 aromatic heterocycles. The summed E-state index contributed by atoms with van der Waals surface area (Å²) in [5.41, 5.74) is 0.620. The number of aliphatic hydroxyl groups is 1. The molecule has 0 saturated carbocycles. The average Bonchev–Trinajstić information content (AvgIpc) is 3.47. The van der Waals surface area contributed by atoms with E-state index in [4.69, 9.17) is 9.47 Å². The van der Waals surface area contributed by atoms with Crippen LogP contribution < -0.4 is 9.47 Å². The van der Waals surface area contributed by atoms with Crippen LogP contribution in [0.5, 0.6) is 11.5 Å². The number of aliphatic hydroxyl groups excluding tert-OH is 1. The maximum atomic E-state index is 14.4. The Morgan fingerprint density at radius 1 is 1.17 bits per heavy atom. The number of rotatable bonds is 9. The summed E-state index contributed by atoms with van der Waals surface area (Å²) < 4.78 is 25.0. The average molecular weight is 481 g/mol. The molecule has 35 heavy (non-hydrogen) atoms. The smallest absolute Gasteiger partial charge is 0.295 e. The maximum Gasteiger partial charge on any atom is 0.295 e. The van der Waals surface area contributed by atoms with E-state index in [1.807, 2.05) is 0 Å². The number of amides is 1. The zero-order valence-electron chi connectivity index (χ0n) is 19.7. The maximum absolute atomic E-state index is 14.4. The first-order chi connectivity index (χ1) is 16.9. The van der Waals surface area contributed by atoms with E-state index in [0.717, 1.165) is 32.0 Å². The van der Waals surface area contributed by atoms with Crippen molar-refractivity contribution in [1.29, 1.82) is 0 Å². The molecule has 0 aliphatic carbocycles. The molecule has 2 saturated heterocycles. The van der Waals surface area contributed by atoms with E-state index in [-0.39, 0.29) is 16.9 Å². The standard InChI is InChI=1S/C27H29FN2O5/c1-3-15-35-20-8-6-7-18(16-20)24-23(25(31)19-9-10-22(34-2)21(28)17-19)26(32)27(33)30(24)14-13-29-11-4-5-12-29/h3,6-10,16-17,24,31H,1,4-5,11-15H2,2H3/b25-23+. The van der Waals surface area contributed by atoms with E-state index in [1.54, 1.807) is 30.3 Å². The van der Waals surface area contributed by atoms with Crippen LogP contribution >= 0.6 is 0 Å². The van der Waals surface area contributed by atoms with Crippen LogP contribution in [0.2, 0.25) is 0 Å². The Hall–Kier alpha value is -3.65. The second-order valence-electron chi connectivity index (χ2n) is 8.56. The fourth-order valence-electron chi connectivity index (χ4n) is 4.61. The van der Waals surface area contributed by atoms with Gasteiger partial charge in [-0.3, -0.25) is 9.59 Å². The highest BCUT2D eigenvalue weighted by molar-refractivity contribution is 6.46. The second-order valence-corrected chi connectivity index (χ2v) is 8.56. The molecule has 0 radical (unpaired) electrons. The lowest BCUT2D eigenvalue weighted by Crippen LogP contribution is -2.37. The molecule has 0 bridgehead atoms. The zero-order valence-corrected chi connectivity index (χ0v) is 19.7. The molecule has 7 nitrogen and oxygen atoms in total. The summed E-state index contributed by atoms with van der Waals surface area (Å²) in [7, 11) is 1.34. The van der Waals surface area contributed by atoms with Crippen molar-refractivity contribution in [3.63, 3.8) is 0 Å². The highest BCUT2D eigenvalue weighted by Gasteiger charge is 2.46. The Bertz CT molecular complexity index is 1160. The zero-order chi connectivity index (χ0) is 24.9. The van der Waals surface area contributed by atoms with E-state index in [1.165, 1.54) is 24.1 Å². The molecule has 1 unspecified atom stereocenters. The summed E-state index contributed by atoms with van der Waals surface area (Å²) in [5, 5.41) is 11.2. The van der Waals surface area contributed by atoms with Crippen LogP contribution in [0, 0.1) is 5.82 Å². The topological polar surface area (TPSA) is 79.3 Å². The lowest BCUT2D eigenvalue weighted by Gasteiger charge is -2.27. The Kier molecular flexibility index (Phi) is 7.51. The van der Waals surface area contributed by atoms with Crippen molar-refractivity contribution in [3.05, 3.63) is 77.6 Å². The Labute approximate surface area is 204 Å². The molecule has 2 aromatic carbocycles. The summed E-state index contributed by atoms with van der Waals surface area (Å²) in [6, 6.07) is 10.1.